The van der Waals surface area contributed by atoms with E-state index in [0.29, 0.717) is 0 Å². The van der Waals surface area contributed by atoms with Gasteiger partial charge in [-0.2, -0.15) is 0 Å². The fourth-order valence-corrected chi connectivity index (χ4v) is 3.29. The van der Waals surface area contributed by atoms with Crippen molar-refractivity contribution in [2.24, 2.45) is 0 Å². The quantitative estimate of drug-likeness (QED) is 0.625. The molecule has 0 amide bonds. The van der Waals surface area contributed by atoms with E-state index < -0.39 is 0 Å². The summed E-state index contributed by atoms with van der Waals surface area (Å²) in [4.78, 5) is 0. The molecular formula is C17H16BrClO. The number of halogens is 2. The molecule has 0 fully saturated rings. The second-order valence-electron chi connectivity index (χ2n) is 5.13. The monoisotopic (exact) mass is 350 g/mol. The van der Waals surface area contributed by atoms with Crippen LogP contribution in [0.5, 0.6) is 11.5 Å². The molecule has 1 aliphatic rings. The number of aryl methyl sites for hydroxylation is 2. The van der Waals surface area contributed by atoms with Crippen molar-refractivity contribution in [1.82, 2.24) is 0 Å². The van der Waals surface area contributed by atoms with Crippen LogP contribution in [0.1, 0.15) is 29.5 Å². The molecule has 0 heterocycles. The third-order valence-electron chi connectivity index (χ3n) is 3.71. The standard InChI is InChI=1S/C17H16BrClO/c18-11-14-9-15(19)6-8-17(14)20-16-7-5-12-3-1-2-4-13(12)10-16/h5-10H,1-4,11H2. The Balaban J connectivity index is 1.87. The van der Waals surface area contributed by atoms with Gasteiger partial charge in [-0.05, 0) is 67.1 Å². The highest BCUT2D eigenvalue weighted by molar-refractivity contribution is 9.08. The first-order valence-electron chi connectivity index (χ1n) is 6.90. The number of hydrogen-bond acceptors (Lipinski definition) is 1. The Labute approximate surface area is 133 Å². The predicted octanol–water partition coefficient (Wildman–Crippen LogP) is 5.91. The molecule has 2 aromatic rings. The highest BCUT2D eigenvalue weighted by Gasteiger charge is 2.11. The molecule has 20 heavy (non-hydrogen) atoms. The largest absolute Gasteiger partial charge is 0.457 e. The summed E-state index contributed by atoms with van der Waals surface area (Å²) in [6, 6.07) is 12.2. The summed E-state index contributed by atoms with van der Waals surface area (Å²) in [5.74, 6) is 1.78. The van der Waals surface area contributed by atoms with Gasteiger partial charge in [0.2, 0.25) is 0 Å². The maximum absolute atomic E-state index is 6.03. The number of fused-ring (bicyclic) bond motifs is 1. The normalized spacial score (nSPS) is 13.9. The molecule has 1 aliphatic carbocycles. The van der Waals surface area contributed by atoms with Gasteiger partial charge in [-0.25, -0.2) is 0 Å². The average Bonchev–Trinajstić information content (AvgIpc) is 2.49. The van der Waals surface area contributed by atoms with Crippen LogP contribution in [0, 0.1) is 0 Å². The molecule has 0 atom stereocenters. The van der Waals surface area contributed by atoms with Crippen LogP contribution in [0.25, 0.3) is 0 Å². The van der Waals surface area contributed by atoms with Crippen LogP contribution in [0.15, 0.2) is 36.4 Å². The van der Waals surface area contributed by atoms with E-state index in [1.54, 1.807) is 0 Å². The fraction of sp³-hybridized carbons (Fsp3) is 0.294. The molecule has 0 aromatic heterocycles. The zero-order valence-corrected chi connectivity index (χ0v) is 13.5. The molecule has 0 unspecified atom stereocenters. The Bertz CT molecular complexity index is 624. The van der Waals surface area contributed by atoms with Crippen molar-refractivity contribution in [1.29, 1.82) is 0 Å². The molecule has 2 aromatic carbocycles. The van der Waals surface area contributed by atoms with Crippen LogP contribution in [0.4, 0.5) is 0 Å². The van der Waals surface area contributed by atoms with E-state index in [9.17, 15) is 0 Å². The van der Waals surface area contributed by atoms with Gasteiger partial charge >= 0.3 is 0 Å². The second kappa shape index (κ2) is 6.19. The van der Waals surface area contributed by atoms with E-state index >= 15 is 0 Å². The molecule has 0 radical (unpaired) electrons. The molecule has 0 N–H and O–H groups in total. The van der Waals surface area contributed by atoms with Gasteiger partial charge in [0.1, 0.15) is 11.5 Å². The Morgan fingerprint density at radius 2 is 1.80 bits per heavy atom. The first kappa shape index (κ1) is 14.0. The maximum Gasteiger partial charge on any atom is 0.131 e. The molecule has 104 valence electrons. The van der Waals surface area contributed by atoms with Crippen LogP contribution >= 0.6 is 27.5 Å². The van der Waals surface area contributed by atoms with Gasteiger partial charge in [0.25, 0.3) is 0 Å². The summed E-state index contributed by atoms with van der Waals surface area (Å²) in [7, 11) is 0. The van der Waals surface area contributed by atoms with Gasteiger partial charge < -0.3 is 4.74 Å². The summed E-state index contributed by atoms with van der Waals surface area (Å²) in [5.41, 5.74) is 3.97. The minimum atomic E-state index is 0.730. The van der Waals surface area contributed by atoms with Gasteiger partial charge in [0, 0.05) is 15.9 Å². The van der Waals surface area contributed by atoms with Crippen LogP contribution in [0.2, 0.25) is 5.02 Å². The molecule has 1 nitrogen and oxygen atoms in total. The molecule has 3 heteroatoms. The maximum atomic E-state index is 6.03. The Kier molecular flexibility index (Phi) is 4.32. The van der Waals surface area contributed by atoms with E-state index in [4.69, 9.17) is 16.3 Å². The zero-order valence-electron chi connectivity index (χ0n) is 11.2. The Morgan fingerprint density at radius 1 is 1.00 bits per heavy atom. The van der Waals surface area contributed by atoms with E-state index in [1.165, 1.54) is 36.8 Å². The van der Waals surface area contributed by atoms with E-state index in [1.807, 2.05) is 18.2 Å². The number of alkyl halides is 1. The number of hydrogen-bond donors (Lipinski definition) is 0. The number of ether oxygens (including phenoxy) is 1. The van der Waals surface area contributed by atoms with Crippen molar-refractivity contribution in [2.75, 3.05) is 0 Å². The second-order valence-corrected chi connectivity index (χ2v) is 6.12. The molecular weight excluding hydrogens is 336 g/mol. The van der Waals surface area contributed by atoms with Crippen LogP contribution in [-0.4, -0.2) is 0 Å². The van der Waals surface area contributed by atoms with Crippen LogP contribution in [0.3, 0.4) is 0 Å². The van der Waals surface area contributed by atoms with Gasteiger partial charge in [0.15, 0.2) is 0 Å². The topological polar surface area (TPSA) is 9.23 Å². The number of benzene rings is 2. The van der Waals surface area contributed by atoms with Gasteiger partial charge in [-0.3, -0.25) is 0 Å². The summed E-state index contributed by atoms with van der Waals surface area (Å²) >= 11 is 9.49. The van der Waals surface area contributed by atoms with Crippen LogP contribution < -0.4 is 4.74 Å². The summed E-state index contributed by atoms with van der Waals surface area (Å²) in [6.45, 7) is 0. The lowest BCUT2D eigenvalue weighted by molar-refractivity contribution is 0.477. The first-order valence-corrected chi connectivity index (χ1v) is 8.40. The van der Waals surface area contributed by atoms with Gasteiger partial charge in [-0.15, -0.1) is 0 Å². The van der Waals surface area contributed by atoms with Gasteiger partial charge in [0.05, 0.1) is 0 Å². The summed E-state index contributed by atoms with van der Waals surface area (Å²) in [5, 5.41) is 1.46. The SMILES string of the molecule is Clc1ccc(Oc2ccc3c(c2)CCCC3)c(CBr)c1. The minimum Gasteiger partial charge on any atom is -0.457 e. The molecule has 3 rings (SSSR count). The fourth-order valence-electron chi connectivity index (χ4n) is 2.65. The van der Waals surface area contributed by atoms with Crippen molar-refractivity contribution < 1.29 is 4.74 Å². The van der Waals surface area contributed by atoms with Crippen molar-refractivity contribution in [3.8, 4) is 11.5 Å². The Hall–Kier alpha value is -0.990. The van der Waals surface area contributed by atoms with Crippen LogP contribution in [-0.2, 0) is 18.2 Å². The van der Waals surface area contributed by atoms with Crippen molar-refractivity contribution in [3.63, 3.8) is 0 Å². The average molecular weight is 352 g/mol. The molecule has 0 saturated heterocycles. The Morgan fingerprint density at radius 3 is 2.60 bits per heavy atom. The predicted molar refractivity (Wildman–Crippen MR) is 87.2 cm³/mol. The minimum absolute atomic E-state index is 0.730. The molecule has 0 aliphatic heterocycles. The van der Waals surface area contributed by atoms with Crippen molar-refractivity contribution in [3.05, 3.63) is 58.1 Å². The van der Waals surface area contributed by atoms with Crippen molar-refractivity contribution >= 4 is 27.5 Å². The highest BCUT2D eigenvalue weighted by atomic mass is 79.9. The van der Waals surface area contributed by atoms with Gasteiger partial charge in [-0.1, -0.05) is 33.6 Å². The zero-order chi connectivity index (χ0) is 13.9. The van der Waals surface area contributed by atoms with E-state index in [2.05, 4.69) is 34.1 Å². The number of rotatable bonds is 3. The molecule has 0 spiro atoms. The lowest BCUT2D eigenvalue weighted by Gasteiger charge is -2.17. The third kappa shape index (κ3) is 3.02. The molecule has 0 bridgehead atoms. The van der Waals surface area contributed by atoms with Crippen molar-refractivity contribution in [2.45, 2.75) is 31.0 Å². The molecule has 0 saturated carbocycles. The third-order valence-corrected chi connectivity index (χ3v) is 4.55. The highest BCUT2D eigenvalue weighted by Crippen LogP contribution is 2.32. The summed E-state index contributed by atoms with van der Waals surface area (Å²) in [6.07, 6.45) is 4.95. The smallest absolute Gasteiger partial charge is 0.131 e. The van der Waals surface area contributed by atoms with E-state index in [0.717, 1.165) is 27.4 Å². The first-order chi connectivity index (χ1) is 9.76. The lowest BCUT2D eigenvalue weighted by Crippen LogP contribution is -2.02. The summed E-state index contributed by atoms with van der Waals surface area (Å²) < 4.78 is 6.03. The van der Waals surface area contributed by atoms with E-state index in [-0.39, 0.29) is 0 Å². The lowest BCUT2D eigenvalue weighted by atomic mass is 9.92.